The van der Waals surface area contributed by atoms with Gasteiger partial charge in [0.15, 0.2) is 0 Å². The summed E-state index contributed by atoms with van der Waals surface area (Å²) in [5, 5.41) is 10.0. The van der Waals surface area contributed by atoms with E-state index in [1.807, 2.05) is 0 Å². The number of hydrogen-bond acceptors (Lipinski definition) is 4. The summed E-state index contributed by atoms with van der Waals surface area (Å²) in [5.41, 5.74) is 0. The van der Waals surface area contributed by atoms with Crippen molar-refractivity contribution in [2.75, 3.05) is 12.4 Å². The maximum Gasteiger partial charge on any atom is 0.246 e. The zero-order valence-corrected chi connectivity index (χ0v) is 9.11. The number of sulfone groups is 1. The molecule has 0 aliphatic rings. The van der Waals surface area contributed by atoms with Gasteiger partial charge in [-0.3, -0.25) is 0 Å². The topological polar surface area (TPSA) is 79.8 Å². The molecule has 0 fully saturated rings. The molecular formula is C9H13N2O3S. The van der Waals surface area contributed by atoms with Crippen molar-refractivity contribution < 1.29 is 13.5 Å². The van der Waals surface area contributed by atoms with Crippen molar-refractivity contribution in [3.05, 3.63) is 18.5 Å². The van der Waals surface area contributed by atoms with Gasteiger partial charge in [-0.05, 0) is 18.9 Å². The molecule has 83 valence electrons. The van der Waals surface area contributed by atoms with Crippen molar-refractivity contribution in [3.63, 3.8) is 0 Å². The average molecular weight is 229 g/mol. The van der Waals surface area contributed by atoms with E-state index in [1.165, 1.54) is 12.4 Å². The lowest BCUT2D eigenvalue weighted by Gasteiger charge is -2.01. The van der Waals surface area contributed by atoms with Crippen LogP contribution in [0, 0.1) is 0 Å². The highest BCUT2D eigenvalue weighted by Crippen LogP contribution is 2.06. The van der Waals surface area contributed by atoms with Gasteiger partial charge in [-0.2, -0.15) is 0 Å². The van der Waals surface area contributed by atoms with Gasteiger partial charge in [0.1, 0.15) is 0 Å². The molecule has 0 aromatic carbocycles. The molecule has 0 saturated heterocycles. The molecule has 0 spiro atoms. The maximum atomic E-state index is 11.6. The van der Waals surface area contributed by atoms with Crippen molar-refractivity contribution in [1.82, 2.24) is 9.97 Å². The smallest absolute Gasteiger partial charge is 0.237 e. The van der Waals surface area contributed by atoms with Crippen LogP contribution < -0.4 is 0 Å². The quantitative estimate of drug-likeness (QED) is 0.535. The lowest BCUT2D eigenvalue weighted by atomic mass is 10.3. The minimum Gasteiger partial charge on any atom is -0.237 e. The average Bonchev–Trinajstić information content (AvgIpc) is 2.26. The molecule has 0 N–H and O–H groups in total. The number of nitrogens with zero attached hydrogens (tertiary/aromatic N) is 2. The van der Waals surface area contributed by atoms with Crippen molar-refractivity contribution in [1.29, 1.82) is 0 Å². The Morgan fingerprint density at radius 1 is 1.07 bits per heavy atom. The highest BCUT2D eigenvalue weighted by molar-refractivity contribution is 7.91. The second-order valence-electron chi connectivity index (χ2n) is 3.12. The lowest BCUT2D eigenvalue weighted by Crippen LogP contribution is -2.10. The molecule has 0 saturated carbocycles. The van der Waals surface area contributed by atoms with Gasteiger partial charge >= 0.3 is 0 Å². The first-order valence-corrected chi connectivity index (χ1v) is 6.40. The second-order valence-corrected chi connectivity index (χ2v) is 5.12. The summed E-state index contributed by atoms with van der Waals surface area (Å²) in [4.78, 5) is 7.38. The highest BCUT2D eigenvalue weighted by Gasteiger charge is 2.16. The van der Waals surface area contributed by atoms with Gasteiger partial charge in [-0.1, -0.05) is 6.42 Å². The summed E-state index contributed by atoms with van der Waals surface area (Å²) in [6.07, 6.45) is 4.44. The molecule has 0 atom stereocenters. The molecule has 5 nitrogen and oxygen atoms in total. The fourth-order valence-corrected chi connectivity index (χ4v) is 2.32. The first-order chi connectivity index (χ1) is 7.17. The molecule has 1 aromatic heterocycles. The Morgan fingerprint density at radius 2 is 1.73 bits per heavy atom. The Hall–Kier alpha value is -1.01. The zero-order chi connectivity index (χ0) is 11.1. The first kappa shape index (κ1) is 12.1. The van der Waals surface area contributed by atoms with Crippen LogP contribution in [0.15, 0.2) is 23.6 Å². The van der Waals surface area contributed by atoms with Crippen molar-refractivity contribution >= 4 is 9.84 Å². The highest BCUT2D eigenvalue weighted by atomic mass is 32.2. The van der Waals surface area contributed by atoms with Crippen molar-refractivity contribution in [2.45, 2.75) is 24.4 Å². The van der Waals surface area contributed by atoms with E-state index >= 15 is 0 Å². The van der Waals surface area contributed by atoms with Crippen LogP contribution in [0.2, 0.25) is 0 Å². The second kappa shape index (κ2) is 5.77. The molecule has 1 radical (unpaired) electrons. The van der Waals surface area contributed by atoms with E-state index in [1.54, 1.807) is 6.07 Å². The lowest BCUT2D eigenvalue weighted by molar-refractivity contribution is 0.186. The van der Waals surface area contributed by atoms with Gasteiger partial charge in [-0.15, -0.1) is 0 Å². The Bertz CT molecular complexity index is 378. The molecule has 1 rings (SSSR count). The van der Waals surface area contributed by atoms with Crippen molar-refractivity contribution in [2.24, 2.45) is 0 Å². The van der Waals surface area contributed by atoms with Gasteiger partial charge in [0.05, 0.1) is 12.4 Å². The van der Waals surface area contributed by atoms with E-state index in [2.05, 4.69) is 9.97 Å². The third kappa shape index (κ3) is 3.93. The molecule has 6 heteroatoms. The SMILES string of the molecule is [O]CCCCCS(=O)(=O)c1ncccn1. The summed E-state index contributed by atoms with van der Waals surface area (Å²) in [6.45, 7) is -0.151. The Balaban J connectivity index is 2.53. The Kier molecular flexibility index (Phi) is 4.64. The zero-order valence-electron chi connectivity index (χ0n) is 8.30. The van der Waals surface area contributed by atoms with Gasteiger partial charge < -0.3 is 0 Å². The van der Waals surface area contributed by atoms with Crippen LogP contribution in [0.4, 0.5) is 0 Å². The predicted molar refractivity (Wildman–Crippen MR) is 53.5 cm³/mol. The molecule has 0 aliphatic heterocycles. The summed E-state index contributed by atoms with van der Waals surface area (Å²) in [5.74, 6) is 0.0109. The molecule has 0 unspecified atom stereocenters. The minimum absolute atomic E-state index is 0.0109. The molecule has 1 heterocycles. The van der Waals surface area contributed by atoms with Crippen LogP contribution in [0.25, 0.3) is 0 Å². The molecule has 0 aliphatic carbocycles. The van der Waals surface area contributed by atoms with Gasteiger partial charge in [0, 0.05) is 12.4 Å². The number of aromatic nitrogens is 2. The van der Waals surface area contributed by atoms with Crippen molar-refractivity contribution in [3.8, 4) is 0 Å². The van der Waals surface area contributed by atoms with E-state index < -0.39 is 9.84 Å². The third-order valence-corrected chi connectivity index (χ3v) is 3.47. The number of unbranched alkanes of at least 4 members (excludes halogenated alkanes) is 2. The van der Waals surface area contributed by atoms with Crippen LogP contribution in [-0.2, 0) is 14.9 Å². The fraction of sp³-hybridized carbons (Fsp3) is 0.556. The van der Waals surface area contributed by atoms with Crippen LogP contribution in [0.3, 0.4) is 0 Å². The summed E-state index contributed by atoms with van der Waals surface area (Å²) >= 11 is 0. The normalized spacial score (nSPS) is 11.5. The van der Waals surface area contributed by atoms with Gasteiger partial charge in [-0.25, -0.2) is 23.5 Å². The van der Waals surface area contributed by atoms with Crippen LogP contribution in [0.1, 0.15) is 19.3 Å². The third-order valence-electron chi connectivity index (χ3n) is 1.88. The van der Waals surface area contributed by atoms with Crippen LogP contribution >= 0.6 is 0 Å². The summed E-state index contributed by atoms with van der Waals surface area (Å²) < 4.78 is 23.2. The van der Waals surface area contributed by atoms with Crippen LogP contribution in [-0.4, -0.2) is 30.7 Å². The summed E-state index contributed by atoms with van der Waals surface area (Å²) in [6, 6.07) is 1.57. The van der Waals surface area contributed by atoms with Gasteiger partial charge in [0.2, 0.25) is 15.0 Å². The largest absolute Gasteiger partial charge is 0.246 e. The van der Waals surface area contributed by atoms with E-state index in [0.29, 0.717) is 19.3 Å². The fourth-order valence-electron chi connectivity index (χ4n) is 1.11. The molecule has 1 aromatic rings. The Labute approximate surface area is 89.1 Å². The first-order valence-electron chi connectivity index (χ1n) is 4.75. The Morgan fingerprint density at radius 3 is 2.33 bits per heavy atom. The maximum absolute atomic E-state index is 11.6. The molecule has 0 amide bonds. The predicted octanol–water partition coefficient (Wildman–Crippen LogP) is 0.851. The minimum atomic E-state index is -3.37. The number of rotatable bonds is 6. The van der Waals surface area contributed by atoms with E-state index in [0.717, 1.165) is 0 Å². The summed E-state index contributed by atoms with van der Waals surface area (Å²) in [7, 11) is -3.37. The van der Waals surface area contributed by atoms with Gasteiger partial charge in [0.25, 0.3) is 0 Å². The van der Waals surface area contributed by atoms with Crippen LogP contribution in [0.5, 0.6) is 0 Å². The van der Waals surface area contributed by atoms with E-state index in [-0.39, 0.29) is 17.5 Å². The molecule has 15 heavy (non-hydrogen) atoms. The van der Waals surface area contributed by atoms with E-state index in [9.17, 15) is 13.5 Å². The monoisotopic (exact) mass is 229 g/mol. The molecular weight excluding hydrogens is 216 g/mol. The molecule has 0 bridgehead atoms. The standard InChI is InChI=1S/C9H13N2O3S/c12-7-2-1-3-8-15(13,14)9-10-5-4-6-11-9/h4-6H,1-3,7-8H2. The number of hydrogen-bond donors (Lipinski definition) is 0. The van der Waals surface area contributed by atoms with E-state index in [4.69, 9.17) is 0 Å².